The van der Waals surface area contributed by atoms with E-state index in [-0.39, 0.29) is 5.91 Å². The van der Waals surface area contributed by atoms with Gasteiger partial charge in [0.15, 0.2) is 0 Å². The Morgan fingerprint density at radius 3 is 2.37 bits per heavy atom. The number of nitrogens with one attached hydrogen (secondary N) is 1. The van der Waals surface area contributed by atoms with E-state index in [4.69, 9.17) is 16.6 Å². The number of rotatable bonds is 5. The number of hydrogen-bond donors (Lipinski definition) is 1. The molecule has 1 N–H and O–H groups in total. The van der Waals surface area contributed by atoms with Gasteiger partial charge in [-0.15, -0.1) is 0 Å². The lowest BCUT2D eigenvalue weighted by molar-refractivity contribution is 0.0949. The summed E-state index contributed by atoms with van der Waals surface area (Å²) in [6.07, 6.45) is 0. The van der Waals surface area contributed by atoms with Crippen LogP contribution in [0, 0.1) is 20.8 Å². The van der Waals surface area contributed by atoms with Gasteiger partial charge < -0.3 is 9.88 Å². The molecule has 4 aromatic rings. The fourth-order valence-electron chi connectivity index (χ4n) is 3.92. The third-order valence-electron chi connectivity index (χ3n) is 5.40. The predicted molar refractivity (Wildman–Crippen MR) is 122 cm³/mol. The topological polar surface area (TPSA) is 46.9 Å². The minimum Gasteiger partial charge on any atom is -0.345 e. The quantitative estimate of drug-likeness (QED) is 0.460. The zero-order valence-electron chi connectivity index (χ0n) is 17.4. The number of aryl methyl sites for hydroxylation is 3. The summed E-state index contributed by atoms with van der Waals surface area (Å²) in [7, 11) is 0. The summed E-state index contributed by atoms with van der Waals surface area (Å²) < 4.78 is 2.20. The minimum atomic E-state index is -0.145. The van der Waals surface area contributed by atoms with Crippen LogP contribution in [-0.2, 0) is 13.1 Å². The van der Waals surface area contributed by atoms with Crippen LogP contribution in [0.15, 0.2) is 60.7 Å². The van der Waals surface area contributed by atoms with Gasteiger partial charge in [-0.3, -0.25) is 4.79 Å². The highest BCUT2D eigenvalue weighted by Gasteiger charge is 2.15. The Bertz CT molecular complexity index is 1200. The van der Waals surface area contributed by atoms with Crippen LogP contribution in [-0.4, -0.2) is 15.5 Å². The van der Waals surface area contributed by atoms with Gasteiger partial charge in [-0.25, -0.2) is 4.98 Å². The van der Waals surface area contributed by atoms with E-state index in [1.54, 1.807) is 24.3 Å². The van der Waals surface area contributed by atoms with Gasteiger partial charge in [0.1, 0.15) is 5.82 Å². The molecule has 3 aromatic carbocycles. The van der Waals surface area contributed by atoms with E-state index in [2.05, 4.69) is 48.9 Å². The van der Waals surface area contributed by atoms with Crippen molar-refractivity contribution >= 4 is 28.5 Å². The number of carbonyl (C=O) groups excluding carboxylic acids is 1. The monoisotopic (exact) mass is 417 g/mol. The number of imidazole rings is 1. The van der Waals surface area contributed by atoms with Gasteiger partial charge in [0, 0.05) is 17.1 Å². The fraction of sp³-hybridized carbons (Fsp3) is 0.200. The molecular weight excluding hydrogens is 394 g/mol. The number of halogens is 1. The van der Waals surface area contributed by atoms with Crippen LogP contribution in [0.2, 0.25) is 5.02 Å². The molecule has 0 fully saturated rings. The van der Waals surface area contributed by atoms with Crippen LogP contribution in [0.25, 0.3) is 11.0 Å². The van der Waals surface area contributed by atoms with E-state index in [1.165, 1.54) is 22.3 Å². The minimum absolute atomic E-state index is 0.145. The van der Waals surface area contributed by atoms with Gasteiger partial charge in [0.25, 0.3) is 5.91 Å². The molecule has 1 aromatic heterocycles. The van der Waals surface area contributed by atoms with Crippen molar-refractivity contribution in [3.8, 4) is 0 Å². The van der Waals surface area contributed by atoms with E-state index in [1.807, 2.05) is 18.2 Å². The average Bonchev–Trinajstić information content (AvgIpc) is 3.06. The molecule has 0 saturated heterocycles. The molecule has 1 amide bonds. The number of para-hydroxylation sites is 2. The molecule has 0 atom stereocenters. The Hall–Kier alpha value is -3.11. The molecule has 0 saturated carbocycles. The zero-order valence-corrected chi connectivity index (χ0v) is 18.1. The Labute approximate surface area is 181 Å². The van der Waals surface area contributed by atoms with Crippen molar-refractivity contribution in [1.29, 1.82) is 0 Å². The van der Waals surface area contributed by atoms with Crippen LogP contribution < -0.4 is 5.32 Å². The first kappa shape index (κ1) is 20.2. The summed E-state index contributed by atoms with van der Waals surface area (Å²) in [5, 5.41) is 3.60. The Balaban J connectivity index is 1.65. The van der Waals surface area contributed by atoms with Crippen LogP contribution in [0.4, 0.5) is 0 Å². The molecule has 0 spiro atoms. The van der Waals surface area contributed by atoms with Crippen LogP contribution in [0.1, 0.15) is 38.4 Å². The van der Waals surface area contributed by atoms with Crippen molar-refractivity contribution in [3.05, 3.63) is 99.3 Å². The fourth-order valence-corrected chi connectivity index (χ4v) is 4.04. The number of fused-ring (bicyclic) bond motifs is 1. The van der Waals surface area contributed by atoms with Gasteiger partial charge in [-0.2, -0.15) is 0 Å². The first-order valence-electron chi connectivity index (χ1n) is 9.97. The van der Waals surface area contributed by atoms with E-state index < -0.39 is 0 Å². The molecule has 30 heavy (non-hydrogen) atoms. The summed E-state index contributed by atoms with van der Waals surface area (Å²) in [5.74, 6) is 0.686. The molecule has 0 aliphatic rings. The maximum absolute atomic E-state index is 12.6. The van der Waals surface area contributed by atoms with E-state index in [0.29, 0.717) is 23.7 Å². The van der Waals surface area contributed by atoms with Crippen molar-refractivity contribution in [2.45, 2.75) is 33.9 Å². The number of benzene rings is 3. The van der Waals surface area contributed by atoms with Crippen LogP contribution >= 0.6 is 11.6 Å². The molecule has 4 rings (SSSR count). The highest BCUT2D eigenvalue weighted by Crippen LogP contribution is 2.22. The molecule has 0 unspecified atom stereocenters. The summed E-state index contributed by atoms with van der Waals surface area (Å²) >= 11 is 5.92. The molecule has 152 valence electrons. The molecule has 0 aliphatic heterocycles. The summed E-state index contributed by atoms with van der Waals surface area (Å²) in [5.41, 5.74) is 7.65. The smallest absolute Gasteiger partial charge is 0.251 e. The summed E-state index contributed by atoms with van der Waals surface area (Å²) in [6.45, 7) is 7.48. The summed E-state index contributed by atoms with van der Waals surface area (Å²) in [6, 6.07) is 19.4. The largest absolute Gasteiger partial charge is 0.345 e. The standard InChI is InChI=1S/C25H24ClN3O/c1-16-12-17(2)21(18(3)13-16)15-29-23-7-5-4-6-22(23)28-24(29)14-27-25(30)19-8-10-20(26)11-9-19/h4-13H,14-15H2,1-3H3,(H,27,30). The highest BCUT2D eigenvalue weighted by atomic mass is 35.5. The van der Waals surface area contributed by atoms with Gasteiger partial charge in [-0.05, 0) is 73.9 Å². The third-order valence-corrected chi connectivity index (χ3v) is 5.66. The van der Waals surface area contributed by atoms with Crippen molar-refractivity contribution < 1.29 is 4.79 Å². The lowest BCUT2D eigenvalue weighted by Gasteiger charge is -2.15. The van der Waals surface area contributed by atoms with Gasteiger partial charge in [0.05, 0.1) is 17.6 Å². The van der Waals surface area contributed by atoms with E-state index >= 15 is 0 Å². The number of hydrogen-bond acceptors (Lipinski definition) is 2. The lowest BCUT2D eigenvalue weighted by atomic mass is 9.99. The van der Waals surface area contributed by atoms with E-state index in [9.17, 15) is 4.79 Å². The average molecular weight is 418 g/mol. The van der Waals surface area contributed by atoms with Crippen LogP contribution in [0.3, 0.4) is 0 Å². The van der Waals surface area contributed by atoms with Crippen molar-refractivity contribution in [2.24, 2.45) is 0 Å². The zero-order chi connectivity index (χ0) is 21.3. The predicted octanol–water partition coefficient (Wildman–Crippen LogP) is 5.59. The molecule has 5 heteroatoms. The lowest BCUT2D eigenvalue weighted by Crippen LogP contribution is -2.25. The molecule has 0 aliphatic carbocycles. The van der Waals surface area contributed by atoms with Crippen molar-refractivity contribution in [1.82, 2.24) is 14.9 Å². The van der Waals surface area contributed by atoms with Gasteiger partial charge >= 0.3 is 0 Å². The SMILES string of the molecule is Cc1cc(C)c(Cn2c(CNC(=O)c3ccc(Cl)cc3)nc3ccccc32)c(C)c1. The highest BCUT2D eigenvalue weighted by molar-refractivity contribution is 6.30. The Morgan fingerprint density at radius 2 is 1.67 bits per heavy atom. The molecule has 1 heterocycles. The molecular formula is C25H24ClN3O. The second-order valence-corrected chi connectivity index (χ2v) is 8.11. The Morgan fingerprint density at radius 1 is 1.00 bits per heavy atom. The molecule has 0 bridgehead atoms. The second-order valence-electron chi connectivity index (χ2n) is 7.67. The normalized spacial score (nSPS) is 11.1. The van der Waals surface area contributed by atoms with Crippen molar-refractivity contribution in [3.63, 3.8) is 0 Å². The van der Waals surface area contributed by atoms with Crippen LogP contribution in [0.5, 0.6) is 0 Å². The number of nitrogens with zero attached hydrogens (tertiary/aromatic N) is 2. The van der Waals surface area contributed by atoms with E-state index in [0.717, 1.165) is 16.9 Å². The van der Waals surface area contributed by atoms with Crippen molar-refractivity contribution in [2.75, 3.05) is 0 Å². The van der Waals surface area contributed by atoms with Gasteiger partial charge in [0.2, 0.25) is 0 Å². The number of amides is 1. The van der Waals surface area contributed by atoms with Gasteiger partial charge in [-0.1, -0.05) is 41.4 Å². The maximum atomic E-state index is 12.6. The molecule has 0 radical (unpaired) electrons. The number of aromatic nitrogens is 2. The summed E-state index contributed by atoms with van der Waals surface area (Å²) in [4.78, 5) is 17.4. The Kier molecular flexibility index (Phi) is 5.60. The first-order valence-corrected chi connectivity index (χ1v) is 10.3. The molecule has 4 nitrogen and oxygen atoms in total. The third kappa shape index (κ3) is 4.10. The second kappa shape index (κ2) is 8.33. The number of carbonyl (C=O) groups is 1. The first-order chi connectivity index (χ1) is 14.4. The maximum Gasteiger partial charge on any atom is 0.251 e.